The van der Waals surface area contributed by atoms with Gasteiger partial charge in [0.25, 0.3) is 0 Å². The number of urea groups is 1. The standard InChI is InChI=1S/C20H21FN4O3S/c1-3-29(27,28)17-6-4-5-16(12-17)24-20(26)23-13-15-7-8-19(18(21)11-15)25-10-9-22-14(25)2/h4-12H,3,13H2,1-2H3,(H2,23,24,26). The van der Waals surface area contributed by atoms with Crippen LogP contribution in [0.4, 0.5) is 14.9 Å². The number of rotatable bonds is 6. The Labute approximate surface area is 168 Å². The van der Waals surface area contributed by atoms with Gasteiger partial charge in [-0.3, -0.25) is 0 Å². The van der Waals surface area contributed by atoms with Gasteiger partial charge in [0.2, 0.25) is 0 Å². The van der Waals surface area contributed by atoms with Crippen LogP contribution in [0.15, 0.2) is 59.8 Å². The fraction of sp³-hybridized carbons (Fsp3) is 0.200. The fourth-order valence-corrected chi connectivity index (χ4v) is 3.71. The first-order chi connectivity index (χ1) is 13.8. The molecule has 0 saturated heterocycles. The summed E-state index contributed by atoms with van der Waals surface area (Å²) in [6.07, 6.45) is 3.27. The number of benzene rings is 2. The molecule has 0 unspecified atom stereocenters. The van der Waals surface area contributed by atoms with E-state index in [9.17, 15) is 17.6 Å². The van der Waals surface area contributed by atoms with Crippen molar-refractivity contribution in [3.05, 3.63) is 72.1 Å². The summed E-state index contributed by atoms with van der Waals surface area (Å²) in [6, 6.07) is 10.2. The monoisotopic (exact) mass is 416 g/mol. The van der Waals surface area contributed by atoms with Crippen molar-refractivity contribution in [1.29, 1.82) is 0 Å². The van der Waals surface area contributed by atoms with Gasteiger partial charge in [0.1, 0.15) is 11.6 Å². The molecule has 1 heterocycles. The van der Waals surface area contributed by atoms with E-state index in [2.05, 4.69) is 15.6 Å². The highest BCUT2D eigenvalue weighted by atomic mass is 32.2. The number of hydrogen-bond donors (Lipinski definition) is 2. The summed E-state index contributed by atoms with van der Waals surface area (Å²) in [4.78, 5) is 16.3. The number of nitrogens with one attached hydrogen (secondary N) is 2. The highest BCUT2D eigenvalue weighted by Crippen LogP contribution is 2.18. The zero-order chi connectivity index (χ0) is 21.0. The Bertz CT molecular complexity index is 1140. The Balaban J connectivity index is 1.64. The molecular formula is C20H21FN4O3S. The lowest BCUT2D eigenvalue weighted by Crippen LogP contribution is -2.28. The number of aryl methyl sites for hydroxylation is 1. The molecule has 1 aromatic heterocycles. The Hall–Kier alpha value is -3.20. The van der Waals surface area contributed by atoms with Gasteiger partial charge in [0, 0.05) is 24.6 Å². The number of imidazole rings is 1. The van der Waals surface area contributed by atoms with Crippen LogP contribution in [0, 0.1) is 12.7 Å². The van der Waals surface area contributed by atoms with Crippen molar-refractivity contribution >= 4 is 21.6 Å². The van der Waals surface area contributed by atoms with Crippen LogP contribution in [-0.2, 0) is 16.4 Å². The van der Waals surface area contributed by atoms with Crippen LogP contribution in [-0.4, -0.2) is 29.8 Å². The van der Waals surface area contributed by atoms with Crippen LogP contribution >= 0.6 is 0 Å². The quantitative estimate of drug-likeness (QED) is 0.644. The number of anilines is 1. The lowest BCUT2D eigenvalue weighted by molar-refractivity contribution is 0.251. The van der Waals surface area contributed by atoms with Crippen molar-refractivity contribution in [3.63, 3.8) is 0 Å². The maximum absolute atomic E-state index is 14.4. The van der Waals surface area contributed by atoms with Crippen molar-refractivity contribution in [2.45, 2.75) is 25.3 Å². The second-order valence-corrected chi connectivity index (χ2v) is 8.65. The Morgan fingerprint density at radius 1 is 1.21 bits per heavy atom. The van der Waals surface area contributed by atoms with Gasteiger partial charge in [-0.25, -0.2) is 22.6 Å². The summed E-state index contributed by atoms with van der Waals surface area (Å²) in [5, 5.41) is 5.21. The highest BCUT2D eigenvalue weighted by molar-refractivity contribution is 7.91. The summed E-state index contributed by atoms with van der Waals surface area (Å²) in [6.45, 7) is 3.44. The molecule has 0 atom stereocenters. The van der Waals surface area contributed by atoms with Crippen LogP contribution < -0.4 is 10.6 Å². The Morgan fingerprint density at radius 2 is 2.00 bits per heavy atom. The molecule has 2 N–H and O–H groups in total. The molecule has 0 saturated carbocycles. The second kappa shape index (κ2) is 8.44. The zero-order valence-corrected chi connectivity index (χ0v) is 16.8. The molecule has 0 spiro atoms. The smallest absolute Gasteiger partial charge is 0.319 e. The van der Waals surface area contributed by atoms with Crippen molar-refractivity contribution in [2.24, 2.45) is 0 Å². The zero-order valence-electron chi connectivity index (χ0n) is 16.0. The summed E-state index contributed by atoms with van der Waals surface area (Å²) in [5.74, 6) is 0.216. The highest BCUT2D eigenvalue weighted by Gasteiger charge is 2.13. The SMILES string of the molecule is CCS(=O)(=O)c1cccc(NC(=O)NCc2ccc(-n3ccnc3C)c(F)c2)c1. The van der Waals surface area contributed by atoms with E-state index < -0.39 is 21.7 Å². The largest absolute Gasteiger partial charge is 0.334 e. The maximum atomic E-state index is 14.4. The molecule has 3 rings (SSSR count). The van der Waals surface area contributed by atoms with Gasteiger partial charge in [-0.05, 0) is 42.8 Å². The normalized spacial score (nSPS) is 11.3. The molecule has 9 heteroatoms. The van der Waals surface area contributed by atoms with Crippen LogP contribution in [0.5, 0.6) is 0 Å². The second-order valence-electron chi connectivity index (χ2n) is 6.37. The number of halogens is 1. The van der Waals surface area contributed by atoms with Crippen LogP contribution in [0.3, 0.4) is 0 Å². The van der Waals surface area contributed by atoms with Crippen molar-refractivity contribution in [2.75, 3.05) is 11.1 Å². The molecular weight excluding hydrogens is 395 g/mol. The van der Waals surface area contributed by atoms with E-state index in [-0.39, 0.29) is 17.2 Å². The Morgan fingerprint density at radius 3 is 2.66 bits per heavy atom. The van der Waals surface area contributed by atoms with E-state index >= 15 is 0 Å². The predicted octanol–water partition coefficient (Wildman–Crippen LogP) is 3.44. The predicted molar refractivity (Wildman–Crippen MR) is 108 cm³/mol. The first kappa shape index (κ1) is 20.5. The third kappa shape index (κ3) is 4.80. The molecule has 152 valence electrons. The molecule has 7 nitrogen and oxygen atoms in total. The van der Waals surface area contributed by atoms with E-state index in [1.165, 1.54) is 18.2 Å². The first-order valence-electron chi connectivity index (χ1n) is 8.96. The number of carbonyl (C=O) groups excluding carboxylic acids is 1. The molecule has 0 aliphatic carbocycles. The molecule has 0 bridgehead atoms. The molecule has 29 heavy (non-hydrogen) atoms. The maximum Gasteiger partial charge on any atom is 0.319 e. The molecule has 2 aromatic carbocycles. The summed E-state index contributed by atoms with van der Waals surface area (Å²) < 4.78 is 39.9. The average molecular weight is 416 g/mol. The number of aromatic nitrogens is 2. The lowest BCUT2D eigenvalue weighted by atomic mass is 10.2. The number of sulfone groups is 1. The minimum Gasteiger partial charge on any atom is -0.334 e. The van der Waals surface area contributed by atoms with Gasteiger partial charge in [-0.15, -0.1) is 0 Å². The van der Waals surface area contributed by atoms with Crippen molar-refractivity contribution < 1.29 is 17.6 Å². The molecule has 0 fully saturated rings. The first-order valence-corrected chi connectivity index (χ1v) is 10.6. The van der Waals surface area contributed by atoms with Gasteiger partial charge in [0.05, 0.1) is 16.3 Å². The average Bonchev–Trinajstić information content (AvgIpc) is 3.12. The van der Waals surface area contributed by atoms with Crippen LogP contribution in [0.1, 0.15) is 18.3 Å². The number of carbonyl (C=O) groups is 1. The van der Waals surface area contributed by atoms with Gasteiger partial charge < -0.3 is 15.2 Å². The minimum absolute atomic E-state index is 0.0250. The van der Waals surface area contributed by atoms with Crippen molar-refractivity contribution in [1.82, 2.24) is 14.9 Å². The van der Waals surface area contributed by atoms with E-state index in [1.807, 2.05) is 0 Å². The van der Waals surface area contributed by atoms with Crippen LogP contribution in [0.2, 0.25) is 0 Å². The molecule has 0 aliphatic heterocycles. The van der Waals surface area contributed by atoms with Crippen LogP contribution in [0.25, 0.3) is 5.69 Å². The van der Waals surface area contributed by atoms with Gasteiger partial charge in [-0.1, -0.05) is 19.1 Å². The van der Waals surface area contributed by atoms with Gasteiger partial charge in [0.15, 0.2) is 9.84 Å². The van der Waals surface area contributed by atoms with E-state index in [0.29, 0.717) is 22.8 Å². The molecule has 0 aliphatic rings. The summed E-state index contributed by atoms with van der Waals surface area (Å²) in [7, 11) is -3.36. The molecule has 3 aromatic rings. The minimum atomic E-state index is -3.36. The third-order valence-electron chi connectivity index (χ3n) is 4.38. The molecule has 0 radical (unpaired) electrons. The van der Waals surface area contributed by atoms with E-state index in [4.69, 9.17) is 0 Å². The van der Waals surface area contributed by atoms with Gasteiger partial charge in [-0.2, -0.15) is 0 Å². The fourth-order valence-electron chi connectivity index (χ4n) is 2.78. The third-order valence-corrected chi connectivity index (χ3v) is 6.11. The summed E-state index contributed by atoms with van der Waals surface area (Å²) >= 11 is 0. The lowest BCUT2D eigenvalue weighted by Gasteiger charge is -2.11. The van der Waals surface area contributed by atoms with E-state index in [1.54, 1.807) is 55.1 Å². The summed E-state index contributed by atoms with van der Waals surface area (Å²) in [5.41, 5.74) is 1.32. The van der Waals surface area contributed by atoms with Gasteiger partial charge >= 0.3 is 6.03 Å². The number of nitrogens with zero attached hydrogens (tertiary/aromatic N) is 2. The number of amides is 2. The number of hydrogen-bond acceptors (Lipinski definition) is 4. The van der Waals surface area contributed by atoms with Crippen molar-refractivity contribution in [3.8, 4) is 5.69 Å². The molecule has 2 amide bonds. The van der Waals surface area contributed by atoms with E-state index in [0.717, 1.165) is 0 Å². The topological polar surface area (TPSA) is 93.1 Å². The Kier molecular flexibility index (Phi) is 5.97.